The lowest BCUT2D eigenvalue weighted by atomic mass is 9.96. The normalized spacial score (nSPS) is 14.6. The van der Waals surface area contributed by atoms with Gasteiger partial charge in [0, 0.05) is 18.5 Å². The first-order valence-corrected chi connectivity index (χ1v) is 8.08. The topological polar surface area (TPSA) is 78.4 Å². The molecule has 0 unspecified atom stereocenters. The van der Waals surface area contributed by atoms with Crippen LogP contribution in [0.15, 0.2) is 48.5 Å². The SMILES string of the molecule is O=C(NCc1ccc(C(=O)O)cc1)NCC1(c2ccc(F)cc2)CC1. The number of urea groups is 1. The number of rotatable bonds is 6. The number of carboxylic acid groups (broad SMARTS) is 1. The molecule has 2 aromatic rings. The van der Waals surface area contributed by atoms with E-state index in [1.165, 1.54) is 24.3 Å². The number of carboxylic acids is 1. The molecule has 0 spiro atoms. The zero-order valence-corrected chi connectivity index (χ0v) is 13.6. The molecule has 0 bridgehead atoms. The summed E-state index contributed by atoms with van der Waals surface area (Å²) in [6, 6.07) is 12.5. The van der Waals surface area contributed by atoms with Crippen molar-refractivity contribution in [1.82, 2.24) is 10.6 Å². The molecule has 1 saturated carbocycles. The summed E-state index contributed by atoms with van der Waals surface area (Å²) < 4.78 is 13.0. The van der Waals surface area contributed by atoms with E-state index in [1.54, 1.807) is 24.3 Å². The minimum atomic E-state index is -0.979. The molecule has 2 aromatic carbocycles. The van der Waals surface area contributed by atoms with Crippen LogP contribution in [-0.4, -0.2) is 23.7 Å². The molecule has 130 valence electrons. The van der Waals surface area contributed by atoms with E-state index < -0.39 is 5.97 Å². The number of hydrogen-bond acceptors (Lipinski definition) is 2. The molecule has 25 heavy (non-hydrogen) atoms. The van der Waals surface area contributed by atoms with Gasteiger partial charge in [0.25, 0.3) is 0 Å². The van der Waals surface area contributed by atoms with E-state index in [1.807, 2.05) is 0 Å². The Bertz CT molecular complexity index is 768. The number of nitrogens with one attached hydrogen (secondary N) is 2. The quantitative estimate of drug-likeness (QED) is 0.755. The van der Waals surface area contributed by atoms with Crippen LogP contribution in [0, 0.1) is 5.82 Å². The summed E-state index contributed by atoms with van der Waals surface area (Å²) in [6.45, 7) is 0.817. The highest BCUT2D eigenvalue weighted by Crippen LogP contribution is 2.47. The fourth-order valence-electron chi connectivity index (χ4n) is 2.78. The Labute approximate surface area is 144 Å². The first-order chi connectivity index (χ1) is 12.0. The monoisotopic (exact) mass is 342 g/mol. The maximum absolute atomic E-state index is 13.0. The fourth-order valence-corrected chi connectivity index (χ4v) is 2.78. The van der Waals surface area contributed by atoms with Gasteiger partial charge in [-0.1, -0.05) is 24.3 Å². The van der Waals surface area contributed by atoms with E-state index in [2.05, 4.69) is 10.6 Å². The van der Waals surface area contributed by atoms with Gasteiger partial charge in [-0.2, -0.15) is 0 Å². The Balaban J connectivity index is 1.48. The summed E-state index contributed by atoms with van der Waals surface area (Å²) in [6.07, 6.45) is 1.94. The number of carbonyl (C=O) groups is 2. The lowest BCUT2D eigenvalue weighted by Crippen LogP contribution is -2.39. The average Bonchev–Trinajstić information content (AvgIpc) is 3.40. The van der Waals surface area contributed by atoms with Crippen molar-refractivity contribution < 1.29 is 19.1 Å². The van der Waals surface area contributed by atoms with Gasteiger partial charge in [-0.3, -0.25) is 0 Å². The van der Waals surface area contributed by atoms with Crippen LogP contribution in [0.2, 0.25) is 0 Å². The number of carbonyl (C=O) groups excluding carboxylic acids is 1. The van der Waals surface area contributed by atoms with Crippen LogP contribution >= 0.6 is 0 Å². The molecule has 0 aromatic heterocycles. The second kappa shape index (κ2) is 6.93. The molecule has 1 aliphatic rings. The van der Waals surface area contributed by atoms with Crippen LogP contribution in [0.4, 0.5) is 9.18 Å². The molecule has 6 heteroatoms. The summed E-state index contributed by atoms with van der Waals surface area (Å²) in [7, 11) is 0. The van der Waals surface area contributed by atoms with Crippen molar-refractivity contribution in [3.8, 4) is 0 Å². The number of hydrogen-bond donors (Lipinski definition) is 3. The minimum Gasteiger partial charge on any atom is -0.478 e. The number of halogens is 1. The number of aromatic carboxylic acids is 1. The highest BCUT2D eigenvalue weighted by atomic mass is 19.1. The molecule has 3 N–H and O–H groups in total. The minimum absolute atomic E-state index is 0.0891. The van der Waals surface area contributed by atoms with E-state index in [0.29, 0.717) is 13.1 Å². The van der Waals surface area contributed by atoms with Crippen LogP contribution in [0.25, 0.3) is 0 Å². The maximum Gasteiger partial charge on any atom is 0.335 e. The van der Waals surface area contributed by atoms with Gasteiger partial charge in [0.2, 0.25) is 0 Å². The third-order valence-corrected chi connectivity index (χ3v) is 4.55. The first kappa shape index (κ1) is 17.0. The molecule has 0 saturated heterocycles. The first-order valence-electron chi connectivity index (χ1n) is 8.08. The van der Waals surface area contributed by atoms with Crippen molar-refractivity contribution in [1.29, 1.82) is 0 Å². The van der Waals surface area contributed by atoms with E-state index in [0.717, 1.165) is 24.0 Å². The van der Waals surface area contributed by atoms with Crippen molar-refractivity contribution in [2.45, 2.75) is 24.8 Å². The molecule has 2 amide bonds. The van der Waals surface area contributed by atoms with Crippen LogP contribution in [0.3, 0.4) is 0 Å². The molecule has 3 rings (SSSR count). The van der Waals surface area contributed by atoms with Crippen LogP contribution < -0.4 is 10.6 Å². The zero-order chi connectivity index (χ0) is 17.9. The number of amides is 2. The van der Waals surface area contributed by atoms with Crippen molar-refractivity contribution in [2.75, 3.05) is 6.54 Å². The molecule has 1 fully saturated rings. The molecule has 5 nitrogen and oxygen atoms in total. The predicted octanol–water partition coefficient (Wildman–Crippen LogP) is 3.05. The smallest absolute Gasteiger partial charge is 0.335 e. The fraction of sp³-hybridized carbons (Fsp3) is 0.263. The van der Waals surface area contributed by atoms with Crippen LogP contribution in [0.5, 0.6) is 0 Å². The van der Waals surface area contributed by atoms with E-state index in [4.69, 9.17) is 5.11 Å². The molecule has 0 atom stereocenters. The van der Waals surface area contributed by atoms with Gasteiger partial charge in [-0.05, 0) is 48.2 Å². The lowest BCUT2D eigenvalue weighted by Gasteiger charge is -2.17. The summed E-state index contributed by atoms with van der Waals surface area (Å²) in [5.74, 6) is -1.24. The summed E-state index contributed by atoms with van der Waals surface area (Å²) in [4.78, 5) is 22.8. The molecule has 1 aliphatic carbocycles. The van der Waals surface area contributed by atoms with E-state index in [9.17, 15) is 14.0 Å². The van der Waals surface area contributed by atoms with Crippen molar-refractivity contribution >= 4 is 12.0 Å². The predicted molar refractivity (Wildman–Crippen MR) is 91.0 cm³/mol. The van der Waals surface area contributed by atoms with Gasteiger partial charge in [-0.25, -0.2) is 14.0 Å². The van der Waals surface area contributed by atoms with Gasteiger partial charge < -0.3 is 15.7 Å². The van der Waals surface area contributed by atoms with Crippen LogP contribution in [-0.2, 0) is 12.0 Å². The average molecular weight is 342 g/mol. The van der Waals surface area contributed by atoms with Gasteiger partial charge in [0.05, 0.1) is 5.56 Å². The molecule has 0 heterocycles. The molecular weight excluding hydrogens is 323 g/mol. The van der Waals surface area contributed by atoms with Gasteiger partial charge >= 0.3 is 12.0 Å². The summed E-state index contributed by atoms with van der Waals surface area (Å²) in [5, 5.41) is 14.5. The van der Waals surface area contributed by atoms with Crippen molar-refractivity contribution in [3.63, 3.8) is 0 Å². The van der Waals surface area contributed by atoms with E-state index >= 15 is 0 Å². The second-order valence-corrected chi connectivity index (χ2v) is 6.33. The third kappa shape index (κ3) is 4.15. The Hall–Kier alpha value is -2.89. The third-order valence-electron chi connectivity index (χ3n) is 4.55. The van der Waals surface area contributed by atoms with Crippen molar-refractivity contribution in [3.05, 3.63) is 71.0 Å². The molecular formula is C19H19FN2O3. The van der Waals surface area contributed by atoms with Gasteiger partial charge in [0.1, 0.15) is 5.82 Å². The highest BCUT2D eigenvalue weighted by molar-refractivity contribution is 5.87. The Morgan fingerprint density at radius 2 is 1.64 bits per heavy atom. The van der Waals surface area contributed by atoms with Gasteiger partial charge in [0.15, 0.2) is 0 Å². The Morgan fingerprint density at radius 3 is 2.20 bits per heavy atom. The summed E-state index contributed by atoms with van der Waals surface area (Å²) in [5.41, 5.74) is 1.98. The van der Waals surface area contributed by atoms with Crippen LogP contribution in [0.1, 0.15) is 34.3 Å². The highest BCUT2D eigenvalue weighted by Gasteiger charge is 2.44. The molecule has 0 aliphatic heterocycles. The Kier molecular flexibility index (Phi) is 4.70. The van der Waals surface area contributed by atoms with Crippen molar-refractivity contribution in [2.24, 2.45) is 0 Å². The number of benzene rings is 2. The van der Waals surface area contributed by atoms with Gasteiger partial charge in [-0.15, -0.1) is 0 Å². The standard InChI is InChI=1S/C19H19FN2O3/c20-16-7-5-15(6-8-16)19(9-10-19)12-22-18(25)21-11-13-1-3-14(4-2-13)17(23)24/h1-8H,9-12H2,(H,23,24)(H2,21,22,25). The summed E-state index contributed by atoms with van der Waals surface area (Å²) >= 11 is 0. The Morgan fingerprint density at radius 1 is 1.00 bits per heavy atom. The largest absolute Gasteiger partial charge is 0.478 e. The maximum atomic E-state index is 13.0. The van der Waals surface area contributed by atoms with E-state index in [-0.39, 0.29) is 22.8 Å². The second-order valence-electron chi connectivity index (χ2n) is 6.33. The molecule has 0 radical (unpaired) electrons. The lowest BCUT2D eigenvalue weighted by molar-refractivity contribution is 0.0697. The zero-order valence-electron chi connectivity index (χ0n) is 13.6.